The van der Waals surface area contributed by atoms with Gasteiger partial charge in [0, 0.05) is 7.11 Å². The minimum Gasteiger partial charge on any atom is -0.379 e. The maximum atomic E-state index is 5.53. The molecule has 0 aliphatic heterocycles. The average molecular weight is 241 g/mol. The van der Waals surface area contributed by atoms with Crippen molar-refractivity contribution in [3.05, 3.63) is 0 Å². The molecule has 0 amide bonds. The summed E-state index contributed by atoms with van der Waals surface area (Å²) in [6.07, 6.45) is 8.27. The first-order valence-corrected chi connectivity index (χ1v) is 7.35. The van der Waals surface area contributed by atoms with Crippen molar-refractivity contribution in [1.82, 2.24) is 5.32 Å². The zero-order chi connectivity index (χ0) is 12.7. The second kappa shape index (κ2) is 7.38. The molecule has 0 bridgehead atoms. The first kappa shape index (κ1) is 15.0. The highest BCUT2D eigenvalue weighted by molar-refractivity contribution is 4.79. The number of ether oxygens (including phenoxy) is 1. The second-order valence-corrected chi connectivity index (χ2v) is 6.11. The van der Waals surface area contributed by atoms with Gasteiger partial charge in [0.15, 0.2) is 0 Å². The highest BCUT2D eigenvalue weighted by atomic mass is 16.5. The lowest BCUT2D eigenvalue weighted by molar-refractivity contribution is 0.00828. The Balaban J connectivity index is 2.39. The molecule has 1 aliphatic rings. The van der Waals surface area contributed by atoms with Gasteiger partial charge in [-0.25, -0.2) is 0 Å². The van der Waals surface area contributed by atoms with Gasteiger partial charge in [-0.1, -0.05) is 32.6 Å². The third kappa shape index (κ3) is 5.39. The molecule has 1 N–H and O–H groups in total. The zero-order valence-electron chi connectivity index (χ0n) is 12.2. The molecule has 0 saturated heterocycles. The standard InChI is InChI=1S/C15H31NO/c1-5-16-12-14(13-8-6-7-9-13)10-11-15(2,3)17-4/h13-14,16H,5-12H2,1-4H3. The van der Waals surface area contributed by atoms with Gasteiger partial charge < -0.3 is 10.1 Å². The molecule has 0 heterocycles. The van der Waals surface area contributed by atoms with Gasteiger partial charge in [0.05, 0.1) is 5.60 Å². The van der Waals surface area contributed by atoms with E-state index in [0.717, 1.165) is 18.4 Å². The molecule has 0 aromatic carbocycles. The molecule has 1 fully saturated rings. The Labute approximate surface area is 108 Å². The van der Waals surface area contributed by atoms with Crippen molar-refractivity contribution in [3.63, 3.8) is 0 Å². The van der Waals surface area contributed by atoms with Crippen LogP contribution in [0, 0.1) is 11.8 Å². The van der Waals surface area contributed by atoms with Crippen LogP contribution in [0.25, 0.3) is 0 Å². The monoisotopic (exact) mass is 241 g/mol. The fourth-order valence-electron chi connectivity index (χ4n) is 2.90. The van der Waals surface area contributed by atoms with Crippen LogP contribution in [-0.4, -0.2) is 25.8 Å². The van der Waals surface area contributed by atoms with Crippen molar-refractivity contribution in [3.8, 4) is 0 Å². The van der Waals surface area contributed by atoms with E-state index < -0.39 is 0 Å². The van der Waals surface area contributed by atoms with E-state index in [9.17, 15) is 0 Å². The van der Waals surface area contributed by atoms with E-state index in [0.29, 0.717) is 0 Å². The van der Waals surface area contributed by atoms with Crippen molar-refractivity contribution in [2.75, 3.05) is 20.2 Å². The first-order chi connectivity index (χ1) is 8.09. The molecular weight excluding hydrogens is 210 g/mol. The van der Waals surface area contributed by atoms with Crippen LogP contribution in [0.2, 0.25) is 0 Å². The smallest absolute Gasteiger partial charge is 0.0622 e. The maximum absolute atomic E-state index is 5.53. The van der Waals surface area contributed by atoms with Crippen molar-refractivity contribution < 1.29 is 4.74 Å². The Kier molecular flexibility index (Phi) is 6.50. The number of rotatable bonds is 8. The molecule has 0 aromatic heterocycles. The zero-order valence-corrected chi connectivity index (χ0v) is 12.2. The van der Waals surface area contributed by atoms with Crippen LogP contribution in [0.4, 0.5) is 0 Å². The van der Waals surface area contributed by atoms with Gasteiger partial charge >= 0.3 is 0 Å². The Morgan fingerprint density at radius 1 is 1.29 bits per heavy atom. The fraction of sp³-hybridized carbons (Fsp3) is 1.00. The van der Waals surface area contributed by atoms with E-state index in [1.165, 1.54) is 45.1 Å². The van der Waals surface area contributed by atoms with Crippen LogP contribution < -0.4 is 5.32 Å². The highest BCUT2D eigenvalue weighted by Gasteiger charge is 2.27. The Bertz CT molecular complexity index is 197. The Morgan fingerprint density at radius 2 is 1.94 bits per heavy atom. The van der Waals surface area contributed by atoms with Crippen LogP contribution in [-0.2, 0) is 4.74 Å². The summed E-state index contributed by atoms with van der Waals surface area (Å²) in [6.45, 7) is 8.89. The molecule has 2 heteroatoms. The normalized spacial score (nSPS) is 19.8. The summed E-state index contributed by atoms with van der Waals surface area (Å²) in [5.74, 6) is 1.81. The average Bonchev–Trinajstić information content (AvgIpc) is 2.83. The van der Waals surface area contributed by atoms with Crippen LogP contribution in [0.1, 0.15) is 59.3 Å². The minimum absolute atomic E-state index is 0.0447. The Hall–Kier alpha value is -0.0800. The summed E-state index contributed by atoms with van der Waals surface area (Å²) in [5.41, 5.74) is 0.0447. The van der Waals surface area contributed by atoms with Gasteiger partial charge in [-0.2, -0.15) is 0 Å². The van der Waals surface area contributed by atoms with E-state index in [1.54, 1.807) is 0 Å². The van der Waals surface area contributed by atoms with Crippen molar-refractivity contribution >= 4 is 0 Å². The predicted octanol–water partition coefficient (Wildman–Crippen LogP) is 3.61. The fourth-order valence-corrected chi connectivity index (χ4v) is 2.90. The van der Waals surface area contributed by atoms with Crippen LogP contribution in [0.15, 0.2) is 0 Å². The van der Waals surface area contributed by atoms with Crippen LogP contribution >= 0.6 is 0 Å². The number of methoxy groups -OCH3 is 1. The SMILES string of the molecule is CCNCC(CCC(C)(C)OC)C1CCCC1. The van der Waals surface area contributed by atoms with E-state index in [-0.39, 0.29) is 5.60 Å². The first-order valence-electron chi connectivity index (χ1n) is 7.35. The van der Waals surface area contributed by atoms with E-state index in [2.05, 4.69) is 26.1 Å². The van der Waals surface area contributed by atoms with Crippen molar-refractivity contribution in [2.45, 2.75) is 64.9 Å². The molecule has 0 spiro atoms. The van der Waals surface area contributed by atoms with Gasteiger partial charge in [-0.05, 0) is 51.6 Å². The van der Waals surface area contributed by atoms with E-state index >= 15 is 0 Å². The molecule has 1 atom stereocenters. The number of hydrogen-bond donors (Lipinski definition) is 1. The lowest BCUT2D eigenvalue weighted by atomic mass is 9.84. The van der Waals surface area contributed by atoms with Gasteiger partial charge in [0.25, 0.3) is 0 Å². The quantitative estimate of drug-likeness (QED) is 0.701. The third-order valence-electron chi connectivity index (χ3n) is 4.39. The van der Waals surface area contributed by atoms with Gasteiger partial charge in [0.1, 0.15) is 0 Å². The summed E-state index contributed by atoms with van der Waals surface area (Å²) in [5, 5.41) is 3.54. The molecule has 0 radical (unpaired) electrons. The molecule has 1 rings (SSSR count). The lowest BCUT2D eigenvalue weighted by Gasteiger charge is -2.29. The van der Waals surface area contributed by atoms with Gasteiger partial charge in [-0.15, -0.1) is 0 Å². The lowest BCUT2D eigenvalue weighted by Crippen LogP contribution is -2.30. The minimum atomic E-state index is 0.0447. The molecule has 1 saturated carbocycles. The summed E-state index contributed by atoms with van der Waals surface area (Å²) in [7, 11) is 1.83. The molecule has 17 heavy (non-hydrogen) atoms. The predicted molar refractivity (Wildman–Crippen MR) is 74.3 cm³/mol. The van der Waals surface area contributed by atoms with E-state index in [1.807, 2.05) is 7.11 Å². The van der Waals surface area contributed by atoms with Crippen molar-refractivity contribution in [2.24, 2.45) is 11.8 Å². The van der Waals surface area contributed by atoms with Crippen LogP contribution in [0.5, 0.6) is 0 Å². The topological polar surface area (TPSA) is 21.3 Å². The summed E-state index contributed by atoms with van der Waals surface area (Å²) < 4.78 is 5.53. The molecule has 2 nitrogen and oxygen atoms in total. The second-order valence-electron chi connectivity index (χ2n) is 6.11. The number of hydrogen-bond acceptors (Lipinski definition) is 2. The highest BCUT2D eigenvalue weighted by Crippen LogP contribution is 2.34. The maximum Gasteiger partial charge on any atom is 0.0622 e. The van der Waals surface area contributed by atoms with Gasteiger partial charge in [0.2, 0.25) is 0 Å². The Morgan fingerprint density at radius 3 is 2.47 bits per heavy atom. The molecule has 1 unspecified atom stereocenters. The largest absolute Gasteiger partial charge is 0.379 e. The number of nitrogens with one attached hydrogen (secondary N) is 1. The van der Waals surface area contributed by atoms with Crippen molar-refractivity contribution in [1.29, 1.82) is 0 Å². The van der Waals surface area contributed by atoms with E-state index in [4.69, 9.17) is 4.74 Å². The molecule has 1 aliphatic carbocycles. The third-order valence-corrected chi connectivity index (χ3v) is 4.39. The summed E-state index contributed by atoms with van der Waals surface area (Å²) in [6, 6.07) is 0. The molecule has 102 valence electrons. The van der Waals surface area contributed by atoms with Gasteiger partial charge in [-0.3, -0.25) is 0 Å². The molecular formula is C15H31NO. The van der Waals surface area contributed by atoms with Crippen LogP contribution in [0.3, 0.4) is 0 Å². The summed E-state index contributed by atoms with van der Waals surface area (Å²) in [4.78, 5) is 0. The molecule has 0 aromatic rings. The summed E-state index contributed by atoms with van der Waals surface area (Å²) >= 11 is 0.